The predicted molar refractivity (Wildman–Crippen MR) is 160 cm³/mol. The topological polar surface area (TPSA) is 110 Å². The molecule has 4 aromatic rings. The van der Waals surface area contributed by atoms with Crippen LogP contribution in [0.4, 0.5) is 8.78 Å². The van der Waals surface area contributed by atoms with Crippen molar-refractivity contribution in [1.82, 2.24) is 19.7 Å². The van der Waals surface area contributed by atoms with Gasteiger partial charge in [-0.1, -0.05) is 13.8 Å². The summed E-state index contributed by atoms with van der Waals surface area (Å²) in [6, 6.07) is 8.19. The molecule has 0 spiro atoms. The molecule has 0 radical (unpaired) electrons. The van der Waals surface area contributed by atoms with Crippen LogP contribution < -0.4 is 4.74 Å². The second kappa shape index (κ2) is 13.0. The average Bonchev–Trinajstić information content (AvgIpc) is 3.38. The number of rotatable bonds is 7. The van der Waals surface area contributed by atoms with Gasteiger partial charge in [0.1, 0.15) is 24.6 Å². The Morgan fingerprint density at radius 1 is 1.07 bits per heavy atom. The maximum absolute atomic E-state index is 15.1. The number of ether oxygens (including phenoxy) is 1. The number of aliphatic hydroxyl groups is 1. The Labute approximate surface area is 250 Å². The monoisotopic (exact) mass is 592 g/mol. The van der Waals surface area contributed by atoms with Gasteiger partial charge in [0, 0.05) is 35.0 Å². The molecule has 10 heteroatoms. The summed E-state index contributed by atoms with van der Waals surface area (Å²) in [5.41, 5.74) is 5.34. The first-order chi connectivity index (χ1) is 20.5. The smallest absolute Gasteiger partial charge is 0.290 e. The Morgan fingerprint density at radius 2 is 1.74 bits per heavy atom. The molecule has 2 aliphatic rings. The van der Waals surface area contributed by atoms with E-state index < -0.39 is 17.2 Å². The molecule has 6 rings (SSSR count). The number of hydrogen-bond donors (Lipinski definition) is 2. The molecule has 2 N–H and O–H groups in total. The van der Waals surface area contributed by atoms with Gasteiger partial charge in [-0.15, -0.1) is 0 Å². The Bertz CT molecular complexity index is 1590. The lowest BCUT2D eigenvalue weighted by Crippen LogP contribution is -2.26. The van der Waals surface area contributed by atoms with Crippen molar-refractivity contribution in [3.8, 4) is 28.4 Å². The van der Waals surface area contributed by atoms with Crippen LogP contribution in [0.5, 0.6) is 5.88 Å². The number of fused-ring (bicyclic) bond motifs is 3. The zero-order chi connectivity index (χ0) is 31.5. The SMILES string of the molecule is CC.Cc1cc(-c2ncn(CC(C)(C)O)n2)cc(C)c1-c1cc(COc2cc3c(cn2)C2CC2C3)c(F)cc1F.O=CO. The summed E-state index contributed by atoms with van der Waals surface area (Å²) in [5, 5.41) is 21.4. The van der Waals surface area contributed by atoms with E-state index in [2.05, 4.69) is 15.1 Å². The second-order valence-electron chi connectivity index (χ2n) is 11.4. The summed E-state index contributed by atoms with van der Waals surface area (Å²) < 4.78 is 37.3. The van der Waals surface area contributed by atoms with Crippen LogP contribution in [0.1, 0.15) is 67.9 Å². The Morgan fingerprint density at radius 3 is 2.40 bits per heavy atom. The quantitative estimate of drug-likeness (QED) is 0.232. The van der Waals surface area contributed by atoms with Crippen molar-refractivity contribution >= 4 is 6.47 Å². The van der Waals surface area contributed by atoms with Gasteiger partial charge in [0.25, 0.3) is 6.47 Å². The van der Waals surface area contributed by atoms with Crippen molar-refractivity contribution in [2.45, 2.75) is 79.1 Å². The first kappa shape index (κ1) is 31.7. The Hall–Kier alpha value is -4.18. The van der Waals surface area contributed by atoms with Gasteiger partial charge in [0.2, 0.25) is 5.88 Å². The van der Waals surface area contributed by atoms with Crippen molar-refractivity contribution in [2.24, 2.45) is 5.92 Å². The molecular formula is C33H38F2N4O4. The summed E-state index contributed by atoms with van der Waals surface area (Å²) >= 11 is 0. The molecule has 2 aliphatic carbocycles. The van der Waals surface area contributed by atoms with E-state index in [-0.39, 0.29) is 18.6 Å². The van der Waals surface area contributed by atoms with Gasteiger partial charge in [-0.05, 0) is 98.4 Å². The summed E-state index contributed by atoms with van der Waals surface area (Å²) in [6.45, 7) is 11.2. The number of carboxylic acid groups (broad SMARTS) is 1. The van der Waals surface area contributed by atoms with Crippen LogP contribution in [0.25, 0.3) is 22.5 Å². The average molecular weight is 593 g/mol. The standard InChI is InChI=1S/C30H30F2N4O2.C2H6.CH2O2/c1-16-5-20(29-34-15-36(35-29)14-30(3,4)37)6-17(2)28(16)23-9-21(25(31)11-26(23)32)13-38-27-10-19-7-18-8-22(18)24(19)12-33-27;1-2;2-1-3/h5-6,9-12,15,18,22,37H,7-8,13-14H2,1-4H3;1-2H3;1H,(H,2,3). The van der Waals surface area contributed by atoms with E-state index in [1.54, 1.807) is 24.9 Å². The van der Waals surface area contributed by atoms with Crippen molar-refractivity contribution in [3.05, 3.63) is 82.3 Å². The fraction of sp³-hybridized carbons (Fsp3) is 0.394. The molecule has 2 aromatic carbocycles. The molecule has 0 amide bonds. The van der Waals surface area contributed by atoms with E-state index in [0.717, 1.165) is 35.1 Å². The third kappa shape index (κ3) is 7.25. The molecule has 0 saturated heterocycles. The molecule has 0 bridgehead atoms. The maximum Gasteiger partial charge on any atom is 0.290 e. The largest absolute Gasteiger partial charge is 0.483 e. The highest BCUT2D eigenvalue weighted by Gasteiger charge is 2.45. The van der Waals surface area contributed by atoms with E-state index >= 15 is 4.39 Å². The lowest BCUT2D eigenvalue weighted by Gasteiger charge is -2.16. The highest BCUT2D eigenvalue weighted by molar-refractivity contribution is 5.76. The van der Waals surface area contributed by atoms with Crippen LogP contribution >= 0.6 is 0 Å². The second-order valence-corrected chi connectivity index (χ2v) is 11.4. The first-order valence-electron chi connectivity index (χ1n) is 14.4. The molecule has 43 heavy (non-hydrogen) atoms. The van der Waals surface area contributed by atoms with Crippen molar-refractivity contribution < 1.29 is 28.5 Å². The van der Waals surface area contributed by atoms with Gasteiger partial charge >= 0.3 is 0 Å². The van der Waals surface area contributed by atoms with Crippen molar-refractivity contribution in [1.29, 1.82) is 0 Å². The van der Waals surface area contributed by atoms with Crippen LogP contribution in [0.15, 0.2) is 42.9 Å². The van der Waals surface area contributed by atoms with E-state index in [1.165, 1.54) is 23.6 Å². The summed E-state index contributed by atoms with van der Waals surface area (Å²) in [6.07, 6.45) is 5.76. The normalized spacial score (nSPS) is 16.2. The fourth-order valence-corrected chi connectivity index (χ4v) is 5.68. The van der Waals surface area contributed by atoms with Crippen LogP contribution in [-0.2, 0) is 24.4 Å². The maximum atomic E-state index is 15.1. The molecule has 0 aliphatic heterocycles. The number of carbonyl (C=O) groups is 1. The Kier molecular flexibility index (Phi) is 9.59. The minimum Gasteiger partial charge on any atom is -0.483 e. The molecule has 1 fully saturated rings. The minimum absolute atomic E-state index is 0.0451. The van der Waals surface area contributed by atoms with Gasteiger partial charge in [0.05, 0.1) is 12.1 Å². The molecule has 1 saturated carbocycles. The fourth-order valence-electron chi connectivity index (χ4n) is 5.68. The molecular weight excluding hydrogens is 554 g/mol. The number of aryl methyl sites for hydroxylation is 2. The number of aromatic nitrogens is 4. The van der Waals surface area contributed by atoms with Gasteiger partial charge in [0.15, 0.2) is 5.82 Å². The highest BCUT2D eigenvalue weighted by Crippen LogP contribution is 2.56. The van der Waals surface area contributed by atoms with Gasteiger partial charge in [-0.2, -0.15) is 5.10 Å². The Balaban J connectivity index is 0.000000798. The van der Waals surface area contributed by atoms with Gasteiger partial charge in [-0.25, -0.2) is 23.4 Å². The van der Waals surface area contributed by atoms with Crippen LogP contribution in [0.2, 0.25) is 0 Å². The van der Waals surface area contributed by atoms with Gasteiger partial charge < -0.3 is 14.9 Å². The molecule has 2 atom stereocenters. The first-order valence-corrected chi connectivity index (χ1v) is 14.4. The van der Waals surface area contributed by atoms with Crippen LogP contribution in [0, 0.1) is 31.4 Å². The summed E-state index contributed by atoms with van der Waals surface area (Å²) in [5.74, 6) is 1.09. The van der Waals surface area contributed by atoms with E-state index in [0.29, 0.717) is 35.3 Å². The number of benzene rings is 2. The predicted octanol–water partition coefficient (Wildman–Crippen LogP) is 6.64. The number of nitrogens with zero attached hydrogens (tertiary/aromatic N) is 4. The van der Waals surface area contributed by atoms with Crippen LogP contribution in [0.3, 0.4) is 0 Å². The lowest BCUT2D eigenvalue weighted by atomic mass is 9.92. The summed E-state index contributed by atoms with van der Waals surface area (Å²) in [4.78, 5) is 17.1. The van der Waals surface area contributed by atoms with E-state index in [9.17, 15) is 9.50 Å². The zero-order valence-electron chi connectivity index (χ0n) is 25.4. The third-order valence-electron chi connectivity index (χ3n) is 7.46. The molecule has 2 heterocycles. The van der Waals surface area contributed by atoms with Crippen molar-refractivity contribution in [3.63, 3.8) is 0 Å². The van der Waals surface area contributed by atoms with Gasteiger partial charge in [-0.3, -0.25) is 4.79 Å². The number of pyridine rings is 1. The highest BCUT2D eigenvalue weighted by atomic mass is 19.1. The number of hydrogen-bond acceptors (Lipinski definition) is 6. The molecule has 8 nitrogen and oxygen atoms in total. The van der Waals surface area contributed by atoms with E-state index in [1.807, 2.05) is 52.1 Å². The zero-order valence-corrected chi connectivity index (χ0v) is 25.4. The molecule has 2 unspecified atom stereocenters. The minimum atomic E-state index is -0.918. The van der Waals surface area contributed by atoms with Crippen LogP contribution in [-0.4, -0.2) is 42.0 Å². The van der Waals surface area contributed by atoms with E-state index in [4.69, 9.17) is 14.6 Å². The lowest BCUT2D eigenvalue weighted by molar-refractivity contribution is -0.122. The van der Waals surface area contributed by atoms with Crippen molar-refractivity contribution in [2.75, 3.05) is 0 Å². The number of halogens is 2. The molecule has 228 valence electrons. The third-order valence-corrected chi connectivity index (χ3v) is 7.46. The summed E-state index contributed by atoms with van der Waals surface area (Å²) in [7, 11) is 0. The molecule has 2 aromatic heterocycles.